The number of nitrogens with zero attached hydrogens (tertiary/aromatic N) is 2. The molecule has 0 unspecified atom stereocenters. The maximum atomic E-state index is 11.9. The molecule has 4 heteroatoms. The molecule has 0 aliphatic heterocycles. The Morgan fingerprint density at radius 2 is 2.00 bits per heavy atom. The van der Waals surface area contributed by atoms with Crippen LogP contribution < -0.4 is 11.3 Å². The van der Waals surface area contributed by atoms with E-state index in [1.54, 1.807) is 24.4 Å². The minimum absolute atomic E-state index is 0.0952. The Morgan fingerprint density at radius 3 is 2.62 bits per heavy atom. The van der Waals surface area contributed by atoms with Gasteiger partial charge in [-0.05, 0) is 12.1 Å². The lowest BCUT2D eigenvalue weighted by Crippen LogP contribution is -2.22. The molecule has 0 spiro atoms. The number of hydrogen-bond acceptors (Lipinski definition) is 3. The van der Waals surface area contributed by atoms with E-state index in [2.05, 4.69) is 4.98 Å². The van der Waals surface area contributed by atoms with Crippen LogP contribution in [0.5, 0.6) is 0 Å². The second-order valence-corrected chi connectivity index (χ2v) is 4.92. The quantitative estimate of drug-likeness (QED) is 0.728. The van der Waals surface area contributed by atoms with E-state index in [0.717, 1.165) is 5.69 Å². The number of anilines is 1. The molecule has 0 saturated carbocycles. The van der Waals surface area contributed by atoms with Crippen LogP contribution in [0.1, 0.15) is 26.5 Å². The van der Waals surface area contributed by atoms with Crippen molar-refractivity contribution in [1.82, 2.24) is 9.38 Å². The molecule has 2 heterocycles. The van der Waals surface area contributed by atoms with Crippen molar-refractivity contribution in [2.75, 3.05) is 5.73 Å². The molecule has 0 aliphatic carbocycles. The summed E-state index contributed by atoms with van der Waals surface area (Å²) in [5.74, 6) is 0. The zero-order valence-corrected chi connectivity index (χ0v) is 9.69. The van der Waals surface area contributed by atoms with Gasteiger partial charge in [0.25, 0.3) is 5.56 Å². The van der Waals surface area contributed by atoms with Gasteiger partial charge < -0.3 is 5.73 Å². The van der Waals surface area contributed by atoms with E-state index in [0.29, 0.717) is 11.3 Å². The van der Waals surface area contributed by atoms with E-state index < -0.39 is 0 Å². The second-order valence-electron chi connectivity index (χ2n) is 4.92. The summed E-state index contributed by atoms with van der Waals surface area (Å²) in [5.41, 5.74) is 7.38. The smallest absolute Gasteiger partial charge is 0.258 e. The summed E-state index contributed by atoms with van der Waals surface area (Å²) in [7, 11) is 0. The number of pyridine rings is 1. The predicted molar refractivity (Wildman–Crippen MR) is 64.6 cm³/mol. The van der Waals surface area contributed by atoms with Crippen molar-refractivity contribution in [3.63, 3.8) is 0 Å². The van der Waals surface area contributed by atoms with Gasteiger partial charge in [-0.2, -0.15) is 0 Å². The number of aromatic nitrogens is 2. The predicted octanol–water partition coefficient (Wildman–Crippen LogP) is 1.57. The second kappa shape index (κ2) is 3.33. The van der Waals surface area contributed by atoms with Gasteiger partial charge >= 0.3 is 0 Å². The molecule has 16 heavy (non-hydrogen) atoms. The lowest BCUT2D eigenvalue weighted by Gasteiger charge is -2.17. The summed E-state index contributed by atoms with van der Waals surface area (Å²) < 4.78 is 1.46. The number of fused-ring (bicyclic) bond motifs is 1. The first-order valence-electron chi connectivity index (χ1n) is 5.17. The highest BCUT2D eigenvalue weighted by atomic mass is 16.1. The molecular weight excluding hydrogens is 202 g/mol. The summed E-state index contributed by atoms with van der Waals surface area (Å²) in [6.07, 6.45) is 1.59. The third-order valence-electron chi connectivity index (χ3n) is 2.45. The number of nitrogens with two attached hydrogens (primary N) is 1. The maximum absolute atomic E-state index is 11.9. The van der Waals surface area contributed by atoms with Gasteiger partial charge in [-0.1, -0.05) is 20.8 Å². The number of rotatable bonds is 0. The lowest BCUT2D eigenvalue weighted by atomic mass is 9.92. The molecule has 4 nitrogen and oxygen atoms in total. The van der Waals surface area contributed by atoms with Gasteiger partial charge in [0.1, 0.15) is 5.65 Å². The van der Waals surface area contributed by atoms with E-state index >= 15 is 0 Å². The summed E-state index contributed by atoms with van der Waals surface area (Å²) >= 11 is 0. The van der Waals surface area contributed by atoms with Gasteiger partial charge in [-0.3, -0.25) is 9.20 Å². The minimum atomic E-state index is -0.130. The molecule has 0 amide bonds. The van der Waals surface area contributed by atoms with E-state index in [9.17, 15) is 4.79 Å². The minimum Gasteiger partial charge on any atom is -0.398 e. The van der Waals surface area contributed by atoms with Gasteiger partial charge in [0.05, 0.1) is 5.69 Å². The van der Waals surface area contributed by atoms with E-state index in [4.69, 9.17) is 5.73 Å². The molecule has 0 atom stereocenters. The molecular formula is C12H15N3O. The highest BCUT2D eigenvalue weighted by molar-refractivity contribution is 5.47. The monoisotopic (exact) mass is 217 g/mol. The van der Waals surface area contributed by atoms with Crippen molar-refractivity contribution in [3.05, 3.63) is 40.4 Å². The fourth-order valence-electron chi connectivity index (χ4n) is 1.50. The van der Waals surface area contributed by atoms with E-state index in [-0.39, 0.29) is 11.0 Å². The Balaban J connectivity index is 2.79. The molecule has 0 aromatic carbocycles. The molecule has 2 aromatic rings. The largest absolute Gasteiger partial charge is 0.398 e. The van der Waals surface area contributed by atoms with Crippen LogP contribution in [-0.4, -0.2) is 9.38 Å². The molecule has 0 radical (unpaired) electrons. The summed E-state index contributed by atoms with van der Waals surface area (Å²) in [4.78, 5) is 16.3. The van der Waals surface area contributed by atoms with Crippen LogP contribution in [0.25, 0.3) is 5.65 Å². The van der Waals surface area contributed by atoms with Crippen molar-refractivity contribution < 1.29 is 0 Å². The Bertz CT molecular complexity index is 593. The van der Waals surface area contributed by atoms with Crippen molar-refractivity contribution in [1.29, 1.82) is 0 Å². The standard InChI is InChI=1S/C12H15N3O/c1-12(2,3)9-6-11(16)15-7-8(13)4-5-10(15)14-9/h4-7H,13H2,1-3H3. The summed E-state index contributed by atoms with van der Waals surface area (Å²) in [5, 5.41) is 0. The van der Waals surface area contributed by atoms with Gasteiger partial charge in [-0.15, -0.1) is 0 Å². The number of nitrogen functional groups attached to an aromatic ring is 1. The first-order valence-corrected chi connectivity index (χ1v) is 5.17. The molecule has 2 rings (SSSR count). The molecule has 0 saturated heterocycles. The van der Waals surface area contributed by atoms with Crippen LogP contribution in [0.4, 0.5) is 5.69 Å². The molecule has 2 N–H and O–H groups in total. The van der Waals surface area contributed by atoms with Crippen molar-refractivity contribution in [2.24, 2.45) is 0 Å². The third kappa shape index (κ3) is 1.78. The Labute approximate surface area is 93.7 Å². The van der Waals surface area contributed by atoms with Gasteiger partial charge in [0, 0.05) is 23.4 Å². The normalized spacial score (nSPS) is 11.9. The zero-order valence-electron chi connectivity index (χ0n) is 9.69. The number of hydrogen-bond donors (Lipinski definition) is 1. The summed E-state index contributed by atoms with van der Waals surface area (Å²) in [6.45, 7) is 6.09. The third-order valence-corrected chi connectivity index (χ3v) is 2.45. The van der Waals surface area contributed by atoms with E-state index in [1.807, 2.05) is 20.8 Å². The van der Waals surface area contributed by atoms with Crippen LogP contribution in [0, 0.1) is 0 Å². The van der Waals surface area contributed by atoms with Crippen LogP contribution in [0.15, 0.2) is 29.2 Å². The first kappa shape index (κ1) is 10.7. The average molecular weight is 217 g/mol. The zero-order chi connectivity index (χ0) is 11.9. The van der Waals surface area contributed by atoms with Gasteiger partial charge in [0.15, 0.2) is 0 Å². The first-order chi connectivity index (χ1) is 7.38. The molecule has 2 aromatic heterocycles. The SMILES string of the molecule is CC(C)(C)c1cc(=O)n2cc(N)ccc2n1. The lowest BCUT2D eigenvalue weighted by molar-refractivity contribution is 0.567. The Morgan fingerprint density at radius 1 is 1.31 bits per heavy atom. The average Bonchev–Trinajstić information content (AvgIpc) is 2.17. The van der Waals surface area contributed by atoms with Crippen LogP contribution in [0.3, 0.4) is 0 Å². The Hall–Kier alpha value is -1.84. The highest BCUT2D eigenvalue weighted by Gasteiger charge is 2.17. The van der Waals surface area contributed by atoms with Crippen molar-refractivity contribution in [3.8, 4) is 0 Å². The fourth-order valence-corrected chi connectivity index (χ4v) is 1.50. The van der Waals surface area contributed by atoms with Crippen LogP contribution >= 0.6 is 0 Å². The van der Waals surface area contributed by atoms with E-state index in [1.165, 1.54) is 4.40 Å². The molecule has 0 fully saturated rings. The van der Waals surface area contributed by atoms with Gasteiger partial charge in [-0.25, -0.2) is 4.98 Å². The van der Waals surface area contributed by atoms with Gasteiger partial charge in [0.2, 0.25) is 0 Å². The topological polar surface area (TPSA) is 60.4 Å². The highest BCUT2D eigenvalue weighted by Crippen LogP contribution is 2.19. The maximum Gasteiger partial charge on any atom is 0.258 e. The van der Waals surface area contributed by atoms with Crippen molar-refractivity contribution in [2.45, 2.75) is 26.2 Å². The molecule has 0 bridgehead atoms. The van der Waals surface area contributed by atoms with Crippen molar-refractivity contribution >= 4 is 11.3 Å². The molecule has 0 aliphatic rings. The van der Waals surface area contributed by atoms with Crippen LogP contribution in [-0.2, 0) is 5.41 Å². The molecule has 84 valence electrons. The summed E-state index contributed by atoms with van der Waals surface area (Å²) in [6, 6.07) is 5.06. The Kier molecular flexibility index (Phi) is 2.22. The fraction of sp³-hybridized carbons (Fsp3) is 0.333. The van der Waals surface area contributed by atoms with Crippen LogP contribution in [0.2, 0.25) is 0 Å².